The highest BCUT2D eigenvalue weighted by Gasteiger charge is 2.24. The van der Waals surface area contributed by atoms with Gasteiger partial charge in [0.2, 0.25) is 5.91 Å². The zero-order valence-corrected chi connectivity index (χ0v) is 20.1. The molecular weight excluding hydrogens is 469 g/mol. The number of amides is 2. The SMILES string of the molecule is CC1CCCN(C(=O)CCNC(=O)c2cc(S(=O)(=O)N(C)c3ccc(F)cc3)ccc2Cl)C1. The molecular formula is C23H27ClFN3O4S. The molecule has 0 aliphatic carbocycles. The number of benzene rings is 2. The number of anilines is 1. The monoisotopic (exact) mass is 495 g/mol. The Morgan fingerprint density at radius 2 is 1.91 bits per heavy atom. The average Bonchev–Trinajstić information content (AvgIpc) is 2.79. The number of sulfonamides is 1. The summed E-state index contributed by atoms with van der Waals surface area (Å²) in [4.78, 5) is 26.7. The Balaban J connectivity index is 1.68. The first-order valence-electron chi connectivity index (χ1n) is 10.7. The summed E-state index contributed by atoms with van der Waals surface area (Å²) >= 11 is 6.15. The molecule has 7 nitrogen and oxygen atoms in total. The van der Waals surface area contributed by atoms with Gasteiger partial charge in [0.05, 0.1) is 21.2 Å². The summed E-state index contributed by atoms with van der Waals surface area (Å²) in [6.07, 6.45) is 2.23. The Labute approximate surface area is 198 Å². The molecule has 1 heterocycles. The summed E-state index contributed by atoms with van der Waals surface area (Å²) in [6, 6.07) is 8.84. The smallest absolute Gasteiger partial charge is 0.264 e. The van der Waals surface area contributed by atoms with E-state index in [9.17, 15) is 22.4 Å². The number of carbonyl (C=O) groups is 2. The van der Waals surface area contributed by atoms with Crippen LogP contribution in [-0.4, -0.2) is 51.8 Å². The molecule has 3 rings (SSSR count). The molecule has 33 heavy (non-hydrogen) atoms. The Kier molecular flexibility index (Phi) is 7.97. The van der Waals surface area contributed by atoms with Crippen molar-refractivity contribution in [1.29, 1.82) is 0 Å². The van der Waals surface area contributed by atoms with Crippen molar-refractivity contribution in [1.82, 2.24) is 10.2 Å². The number of piperidine rings is 1. The predicted molar refractivity (Wildman–Crippen MR) is 125 cm³/mol. The van der Waals surface area contributed by atoms with E-state index >= 15 is 0 Å². The maximum atomic E-state index is 13.2. The van der Waals surface area contributed by atoms with Crippen LogP contribution in [0, 0.1) is 11.7 Å². The van der Waals surface area contributed by atoms with E-state index in [2.05, 4.69) is 12.2 Å². The van der Waals surface area contributed by atoms with Gasteiger partial charge < -0.3 is 10.2 Å². The number of halogens is 2. The van der Waals surface area contributed by atoms with E-state index < -0.39 is 21.7 Å². The molecule has 1 aliphatic rings. The molecule has 1 atom stereocenters. The van der Waals surface area contributed by atoms with Crippen molar-refractivity contribution in [3.63, 3.8) is 0 Å². The molecule has 2 aromatic carbocycles. The third-order valence-electron chi connectivity index (χ3n) is 5.67. The molecule has 0 spiro atoms. The van der Waals surface area contributed by atoms with Crippen LogP contribution in [0.4, 0.5) is 10.1 Å². The van der Waals surface area contributed by atoms with Crippen LogP contribution < -0.4 is 9.62 Å². The largest absolute Gasteiger partial charge is 0.351 e. The number of carbonyl (C=O) groups excluding carboxylic acids is 2. The molecule has 1 unspecified atom stereocenters. The molecule has 1 saturated heterocycles. The summed E-state index contributed by atoms with van der Waals surface area (Å²) in [5, 5.41) is 2.74. The van der Waals surface area contributed by atoms with Gasteiger partial charge in [0, 0.05) is 33.1 Å². The first kappa shape index (κ1) is 25.0. The lowest BCUT2D eigenvalue weighted by atomic mass is 10.00. The number of hydrogen-bond acceptors (Lipinski definition) is 4. The fourth-order valence-corrected chi connectivity index (χ4v) is 5.16. The van der Waals surface area contributed by atoms with Crippen molar-refractivity contribution in [3.8, 4) is 0 Å². The fraction of sp³-hybridized carbons (Fsp3) is 0.391. The van der Waals surface area contributed by atoms with E-state index in [1.54, 1.807) is 0 Å². The highest BCUT2D eigenvalue weighted by atomic mass is 35.5. The number of hydrogen-bond donors (Lipinski definition) is 1. The van der Waals surface area contributed by atoms with Crippen LogP contribution >= 0.6 is 11.6 Å². The van der Waals surface area contributed by atoms with Crippen molar-refractivity contribution in [2.75, 3.05) is 31.0 Å². The van der Waals surface area contributed by atoms with Gasteiger partial charge in [-0.25, -0.2) is 12.8 Å². The normalized spacial score (nSPS) is 16.4. The van der Waals surface area contributed by atoms with Crippen molar-refractivity contribution in [3.05, 3.63) is 58.9 Å². The van der Waals surface area contributed by atoms with Crippen LogP contribution in [0.2, 0.25) is 5.02 Å². The molecule has 178 valence electrons. The lowest BCUT2D eigenvalue weighted by Gasteiger charge is -2.31. The quantitative estimate of drug-likeness (QED) is 0.634. The number of likely N-dealkylation sites (tertiary alicyclic amines) is 1. The second kappa shape index (κ2) is 10.5. The van der Waals surface area contributed by atoms with Gasteiger partial charge in [-0.2, -0.15) is 0 Å². The molecule has 2 aromatic rings. The number of nitrogens with zero attached hydrogens (tertiary/aromatic N) is 2. The fourth-order valence-electron chi connectivity index (χ4n) is 3.74. The van der Waals surface area contributed by atoms with E-state index in [1.807, 2.05) is 4.90 Å². The van der Waals surface area contributed by atoms with Gasteiger partial charge in [0.25, 0.3) is 15.9 Å². The third-order valence-corrected chi connectivity index (χ3v) is 7.78. The Morgan fingerprint density at radius 3 is 2.58 bits per heavy atom. The van der Waals surface area contributed by atoms with Gasteiger partial charge in [0.1, 0.15) is 5.82 Å². The number of nitrogens with one attached hydrogen (secondary N) is 1. The minimum absolute atomic E-state index is 0.00992. The molecule has 0 bridgehead atoms. The van der Waals surface area contributed by atoms with Gasteiger partial charge in [-0.3, -0.25) is 13.9 Å². The van der Waals surface area contributed by atoms with Crippen molar-refractivity contribution in [2.24, 2.45) is 5.92 Å². The van der Waals surface area contributed by atoms with E-state index in [-0.39, 0.29) is 40.0 Å². The van der Waals surface area contributed by atoms with Gasteiger partial charge in [-0.15, -0.1) is 0 Å². The van der Waals surface area contributed by atoms with Gasteiger partial charge in [-0.1, -0.05) is 18.5 Å². The van der Waals surface area contributed by atoms with Crippen LogP contribution in [-0.2, 0) is 14.8 Å². The Morgan fingerprint density at radius 1 is 1.21 bits per heavy atom. The summed E-state index contributed by atoms with van der Waals surface area (Å²) in [6.45, 7) is 3.67. The molecule has 1 fully saturated rings. The summed E-state index contributed by atoms with van der Waals surface area (Å²) in [7, 11) is -2.68. The molecule has 2 amide bonds. The molecule has 1 N–H and O–H groups in total. The minimum Gasteiger partial charge on any atom is -0.351 e. The first-order chi connectivity index (χ1) is 15.6. The maximum Gasteiger partial charge on any atom is 0.264 e. The molecule has 0 radical (unpaired) electrons. The third kappa shape index (κ3) is 6.03. The van der Waals surface area contributed by atoms with E-state index in [4.69, 9.17) is 11.6 Å². The maximum absolute atomic E-state index is 13.2. The minimum atomic E-state index is -4.02. The van der Waals surface area contributed by atoms with Crippen molar-refractivity contribution >= 4 is 39.1 Å². The second-order valence-electron chi connectivity index (χ2n) is 8.18. The standard InChI is InChI=1S/C23H27ClFN3O4S/c1-16-4-3-13-28(15-16)22(29)11-12-26-23(30)20-14-19(9-10-21(20)24)33(31,32)27(2)18-7-5-17(25)6-8-18/h5-10,14,16H,3-4,11-13,15H2,1-2H3,(H,26,30). The zero-order valence-electron chi connectivity index (χ0n) is 18.6. The highest BCUT2D eigenvalue weighted by molar-refractivity contribution is 7.92. The van der Waals surface area contributed by atoms with E-state index in [0.717, 1.165) is 42.4 Å². The molecule has 10 heteroatoms. The van der Waals surface area contributed by atoms with Crippen molar-refractivity contribution < 1.29 is 22.4 Å². The average molecular weight is 496 g/mol. The highest BCUT2D eigenvalue weighted by Crippen LogP contribution is 2.26. The summed E-state index contributed by atoms with van der Waals surface area (Å²) in [5.41, 5.74) is 0.257. The topological polar surface area (TPSA) is 86.8 Å². The molecule has 1 aliphatic heterocycles. The van der Waals surface area contributed by atoms with Crippen LogP contribution in [0.5, 0.6) is 0 Å². The van der Waals surface area contributed by atoms with Crippen LogP contribution in [0.3, 0.4) is 0 Å². The van der Waals surface area contributed by atoms with Crippen molar-refractivity contribution in [2.45, 2.75) is 31.1 Å². The van der Waals surface area contributed by atoms with Crippen LogP contribution in [0.1, 0.15) is 36.5 Å². The second-order valence-corrected chi connectivity index (χ2v) is 10.6. The van der Waals surface area contributed by atoms with E-state index in [1.165, 1.54) is 37.4 Å². The van der Waals surface area contributed by atoms with Gasteiger partial charge in [-0.05, 0) is 61.2 Å². The Hall–Kier alpha value is -2.65. The number of rotatable bonds is 7. The summed E-state index contributed by atoms with van der Waals surface area (Å²) < 4.78 is 40.2. The Bertz CT molecular complexity index is 1130. The van der Waals surface area contributed by atoms with Crippen LogP contribution in [0.25, 0.3) is 0 Å². The van der Waals surface area contributed by atoms with E-state index in [0.29, 0.717) is 5.92 Å². The van der Waals surface area contributed by atoms with Gasteiger partial charge in [0.15, 0.2) is 0 Å². The van der Waals surface area contributed by atoms with Crippen LogP contribution in [0.15, 0.2) is 47.4 Å². The lowest BCUT2D eigenvalue weighted by molar-refractivity contribution is -0.132. The predicted octanol–water partition coefficient (Wildman–Crippen LogP) is 3.68. The molecule has 0 aromatic heterocycles. The first-order valence-corrected chi connectivity index (χ1v) is 12.5. The zero-order chi connectivity index (χ0) is 24.2. The summed E-state index contributed by atoms with van der Waals surface area (Å²) in [5.74, 6) is -0.608. The van der Waals surface area contributed by atoms with Gasteiger partial charge >= 0.3 is 0 Å². The lowest BCUT2D eigenvalue weighted by Crippen LogP contribution is -2.40. The molecule has 0 saturated carbocycles.